The minimum atomic E-state index is 0.255. The fourth-order valence-corrected chi connectivity index (χ4v) is 1.50. The third-order valence-electron chi connectivity index (χ3n) is 2.45. The zero-order valence-corrected chi connectivity index (χ0v) is 9.37. The van der Waals surface area contributed by atoms with E-state index in [0.29, 0.717) is 6.54 Å². The number of aryl methyl sites for hydroxylation is 1. The van der Waals surface area contributed by atoms with Crippen LogP contribution in [0.5, 0.6) is 0 Å². The van der Waals surface area contributed by atoms with Crippen molar-refractivity contribution < 1.29 is 0 Å². The Morgan fingerprint density at radius 2 is 2.07 bits per heavy atom. The van der Waals surface area contributed by atoms with Gasteiger partial charge in [0.05, 0.1) is 0 Å². The average molecular weight is 204 g/mol. The van der Waals surface area contributed by atoms with Crippen LogP contribution in [0.15, 0.2) is 36.9 Å². The Bertz CT molecular complexity index is 290. The molecule has 0 spiro atoms. The summed E-state index contributed by atoms with van der Waals surface area (Å²) in [6.45, 7) is 7.34. The van der Waals surface area contributed by atoms with E-state index in [9.17, 15) is 0 Å². The minimum Gasteiger partial charge on any atom is -0.329 e. The summed E-state index contributed by atoms with van der Waals surface area (Å²) in [7, 11) is 0. The van der Waals surface area contributed by atoms with Gasteiger partial charge in [0, 0.05) is 12.6 Å². The van der Waals surface area contributed by atoms with E-state index in [1.807, 2.05) is 6.08 Å². The first kappa shape index (κ1) is 12.0. The Hall–Kier alpha value is -1.12. The second-order valence-electron chi connectivity index (χ2n) is 3.73. The molecule has 0 saturated carbocycles. The maximum absolute atomic E-state index is 5.74. The van der Waals surface area contributed by atoms with Crippen LogP contribution < -0.4 is 11.1 Å². The van der Waals surface area contributed by atoms with Crippen LogP contribution in [0.1, 0.15) is 23.6 Å². The van der Waals surface area contributed by atoms with Gasteiger partial charge in [-0.1, -0.05) is 35.9 Å². The summed E-state index contributed by atoms with van der Waals surface area (Å²) >= 11 is 0. The molecule has 0 fully saturated rings. The molecule has 0 aliphatic heterocycles. The third-order valence-corrected chi connectivity index (χ3v) is 2.45. The van der Waals surface area contributed by atoms with E-state index in [2.05, 4.69) is 43.1 Å². The minimum absolute atomic E-state index is 0.255. The lowest BCUT2D eigenvalue weighted by atomic mass is 10.1. The highest BCUT2D eigenvalue weighted by Gasteiger charge is 2.07. The molecule has 1 unspecified atom stereocenters. The van der Waals surface area contributed by atoms with Crippen molar-refractivity contribution in [1.29, 1.82) is 0 Å². The molecule has 1 atom stereocenters. The zero-order valence-electron chi connectivity index (χ0n) is 9.37. The van der Waals surface area contributed by atoms with Gasteiger partial charge in [0.25, 0.3) is 0 Å². The van der Waals surface area contributed by atoms with Gasteiger partial charge < -0.3 is 11.1 Å². The largest absolute Gasteiger partial charge is 0.329 e. The van der Waals surface area contributed by atoms with Crippen molar-refractivity contribution >= 4 is 0 Å². The quantitative estimate of drug-likeness (QED) is 0.550. The highest BCUT2D eigenvalue weighted by atomic mass is 14.9. The molecule has 1 rings (SSSR count). The van der Waals surface area contributed by atoms with Crippen molar-refractivity contribution in [2.24, 2.45) is 5.73 Å². The lowest BCUT2D eigenvalue weighted by Gasteiger charge is -2.16. The molecule has 1 aromatic carbocycles. The van der Waals surface area contributed by atoms with Crippen molar-refractivity contribution in [2.45, 2.75) is 19.4 Å². The van der Waals surface area contributed by atoms with Gasteiger partial charge in [0.15, 0.2) is 0 Å². The smallest absolute Gasteiger partial charge is 0.0444 e. The van der Waals surface area contributed by atoms with E-state index in [0.717, 1.165) is 13.0 Å². The molecule has 3 N–H and O–H groups in total. The molecule has 0 aliphatic rings. The van der Waals surface area contributed by atoms with E-state index in [-0.39, 0.29) is 6.04 Å². The Balaban J connectivity index is 2.57. The summed E-state index contributed by atoms with van der Waals surface area (Å²) in [6, 6.07) is 8.76. The van der Waals surface area contributed by atoms with Crippen molar-refractivity contribution in [3.05, 3.63) is 48.0 Å². The maximum Gasteiger partial charge on any atom is 0.0444 e. The van der Waals surface area contributed by atoms with Gasteiger partial charge in [0.1, 0.15) is 0 Å². The SMILES string of the molecule is C=CCCNC(CN)c1ccc(C)cc1. The molecule has 0 aliphatic carbocycles. The van der Waals surface area contributed by atoms with Gasteiger partial charge in [-0.3, -0.25) is 0 Å². The first-order chi connectivity index (χ1) is 7.27. The molecular formula is C13H20N2. The highest BCUT2D eigenvalue weighted by molar-refractivity contribution is 5.24. The van der Waals surface area contributed by atoms with Crippen LogP contribution in [0.4, 0.5) is 0 Å². The summed E-state index contributed by atoms with van der Waals surface area (Å²) in [4.78, 5) is 0. The standard InChI is InChI=1S/C13H20N2/c1-3-4-9-15-13(10-14)12-7-5-11(2)6-8-12/h3,5-8,13,15H,1,4,9-10,14H2,2H3. The molecule has 0 bridgehead atoms. The average Bonchev–Trinajstić information content (AvgIpc) is 2.26. The molecular weight excluding hydrogens is 184 g/mol. The van der Waals surface area contributed by atoms with Crippen LogP contribution in [-0.4, -0.2) is 13.1 Å². The normalized spacial score (nSPS) is 12.4. The van der Waals surface area contributed by atoms with Crippen molar-refractivity contribution in [2.75, 3.05) is 13.1 Å². The van der Waals surface area contributed by atoms with Crippen LogP contribution >= 0.6 is 0 Å². The Morgan fingerprint density at radius 1 is 1.40 bits per heavy atom. The number of nitrogens with one attached hydrogen (secondary N) is 1. The first-order valence-electron chi connectivity index (χ1n) is 5.39. The van der Waals surface area contributed by atoms with E-state index in [1.165, 1.54) is 11.1 Å². The molecule has 15 heavy (non-hydrogen) atoms. The van der Waals surface area contributed by atoms with Gasteiger partial charge in [-0.25, -0.2) is 0 Å². The van der Waals surface area contributed by atoms with E-state index in [4.69, 9.17) is 5.73 Å². The molecule has 0 heterocycles. The molecule has 82 valence electrons. The first-order valence-corrected chi connectivity index (χ1v) is 5.39. The van der Waals surface area contributed by atoms with E-state index < -0.39 is 0 Å². The lowest BCUT2D eigenvalue weighted by molar-refractivity contribution is 0.548. The van der Waals surface area contributed by atoms with Gasteiger partial charge in [0.2, 0.25) is 0 Å². The maximum atomic E-state index is 5.74. The number of hydrogen-bond donors (Lipinski definition) is 2. The molecule has 2 heteroatoms. The van der Waals surface area contributed by atoms with E-state index >= 15 is 0 Å². The predicted octanol–water partition coefficient (Wildman–Crippen LogP) is 2.16. The fraction of sp³-hybridized carbons (Fsp3) is 0.385. The summed E-state index contributed by atoms with van der Waals surface area (Å²) in [5, 5.41) is 3.41. The second kappa shape index (κ2) is 6.38. The van der Waals surface area contributed by atoms with Gasteiger partial charge in [-0.05, 0) is 25.5 Å². The summed E-state index contributed by atoms with van der Waals surface area (Å²) in [5.74, 6) is 0. The molecule has 2 nitrogen and oxygen atoms in total. The molecule has 0 saturated heterocycles. The van der Waals surface area contributed by atoms with Crippen LogP contribution in [0.25, 0.3) is 0 Å². The highest BCUT2D eigenvalue weighted by Crippen LogP contribution is 2.12. The Morgan fingerprint density at radius 3 is 2.60 bits per heavy atom. The molecule has 1 aromatic rings. The van der Waals surface area contributed by atoms with Gasteiger partial charge >= 0.3 is 0 Å². The monoisotopic (exact) mass is 204 g/mol. The summed E-state index contributed by atoms with van der Waals surface area (Å²) < 4.78 is 0. The molecule has 0 radical (unpaired) electrons. The predicted molar refractivity (Wildman–Crippen MR) is 65.8 cm³/mol. The summed E-state index contributed by atoms with van der Waals surface area (Å²) in [5.41, 5.74) is 8.27. The van der Waals surface area contributed by atoms with Crippen LogP contribution in [0, 0.1) is 6.92 Å². The van der Waals surface area contributed by atoms with Crippen LogP contribution in [-0.2, 0) is 0 Å². The number of benzene rings is 1. The lowest BCUT2D eigenvalue weighted by Crippen LogP contribution is -2.28. The number of nitrogens with two attached hydrogens (primary N) is 1. The van der Waals surface area contributed by atoms with Crippen LogP contribution in [0.2, 0.25) is 0 Å². The van der Waals surface area contributed by atoms with E-state index in [1.54, 1.807) is 0 Å². The Labute approximate surface area is 92.2 Å². The number of hydrogen-bond acceptors (Lipinski definition) is 2. The fourth-order valence-electron chi connectivity index (χ4n) is 1.50. The van der Waals surface area contributed by atoms with Gasteiger partial charge in [-0.2, -0.15) is 0 Å². The van der Waals surface area contributed by atoms with Crippen LogP contribution in [0.3, 0.4) is 0 Å². The van der Waals surface area contributed by atoms with Gasteiger partial charge in [-0.15, -0.1) is 6.58 Å². The zero-order chi connectivity index (χ0) is 11.1. The number of rotatable bonds is 6. The third kappa shape index (κ3) is 3.86. The Kier molecular flexibility index (Phi) is 5.08. The van der Waals surface area contributed by atoms with Crippen molar-refractivity contribution in [3.63, 3.8) is 0 Å². The topological polar surface area (TPSA) is 38.0 Å². The second-order valence-corrected chi connectivity index (χ2v) is 3.73. The van der Waals surface area contributed by atoms with Crippen molar-refractivity contribution in [1.82, 2.24) is 5.32 Å². The molecule has 0 amide bonds. The van der Waals surface area contributed by atoms with Crippen molar-refractivity contribution in [3.8, 4) is 0 Å². The molecule has 0 aromatic heterocycles. The summed E-state index contributed by atoms with van der Waals surface area (Å²) in [6.07, 6.45) is 2.89.